The number of hydrogen-bond donors (Lipinski definition) is 5. The van der Waals surface area contributed by atoms with Crippen LogP contribution in [0.25, 0.3) is 0 Å². The number of carbonyl (C=O) groups excluding carboxylic acids is 2. The van der Waals surface area contributed by atoms with Gasteiger partial charge >= 0.3 is 11.9 Å². The number of carboxylic acids is 2. The molecule has 0 spiro atoms. The van der Waals surface area contributed by atoms with Gasteiger partial charge in [0, 0.05) is 12.2 Å². The van der Waals surface area contributed by atoms with Gasteiger partial charge in [0.2, 0.25) is 5.91 Å². The molecule has 0 aromatic heterocycles. The van der Waals surface area contributed by atoms with Gasteiger partial charge in [-0.25, -0.2) is 5.06 Å². The van der Waals surface area contributed by atoms with Crippen LogP contribution in [0.15, 0.2) is 0 Å². The van der Waals surface area contributed by atoms with Gasteiger partial charge in [-0.05, 0) is 6.42 Å². The van der Waals surface area contributed by atoms with Crippen LogP contribution >= 0.6 is 12.6 Å². The summed E-state index contributed by atoms with van der Waals surface area (Å²) in [5.74, 6) is -4.73. The third-order valence-electron chi connectivity index (χ3n) is 2.34. The van der Waals surface area contributed by atoms with E-state index in [9.17, 15) is 24.4 Å². The van der Waals surface area contributed by atoms with Gasteiger partial charge in [-0.1, -0.05) is 12.6 Å². The van der Waals surface area contributed by atoms with Crippen molar-refractivity contribution < 1.29 is 34.6 Å². The first kappa shape index (κ1) is 19.1. The predicted molar refractivity (Wildman–Crippen MR) is 70.4 cm³/mol. The normalized spacial score (nSPS) is 13.1. The Bertz CT molecular complexity index is 417. The summed E-state index contributed by atoms with van der Waals surface area (Å²) in [4.78, 5) is 43.9. The van der Waals surface area contributed by atoms with E-state index < -0.39 is 42.4 Å². The van der Waals surface area contributed by atoms with Crippen LogP contribution in [0.1, 0.15) is 12.8 Å². The first-order chi connectivity index (χ1) is 9.68. The Kier molecular flexibility index (Phi) is 8.35. The summed E-state index contributed by atoms with van der Waals surface area (Å²) >= 11 is 4.64. The van der Waals surface area contributed by atoms with Gasteiger partial charge in [0.1, 0.15) is 18.6 Å². The van der Waals surface area contributed by atoms with Crippen LogP contribution in [0.2, 0.25) is 0 Å². The zero-order chi connectivity index (χ0) is 16.6. The van der Waals surface area contributed by atoms with Gasteiger partial charge in [0.25, 0.3) is 5.91 Å². The van der Waals surface area contributed by atoms with Crippen molar-refractivity contribution in [3.8, 4) is 0 Å². The Hall–Kier alpha value is -1.85. The molecule has 2 atom stereocenters. The predicted octanol–water partition coefficient (Wildman–Crippen LogP) is -1.84. The zero-order valence-corrected chi connectivity index (χ0v) is 11.7. The van der Waals surface area contributed by atoms with Crippen molar-refractivity contribution in [3.05, 3.63) is 0 Å². The molecule has 0 saturated heterocycles. The highest BCUT2D eigenvalue weighted by molar-refractivity contribution is 7.80. The molecule has 6 N–H and O–H groups in total. The van der Waals surface area contributed by atoms with Crippen molar-refractivity contribution in [2.45, 2.75) is 24.9 Å². The minimum atomic E-state index is -1.44. The molecule has 0 heterocycles. The maximum absolute atomic E-state index is 11.6. The highest BCUT2D eigenvalue weighted by atomic mass is 32.1. The second-order valence-corrected chi connectivity index (χ2v) is 4.39. The van der Waals surface area contributed by atoms with E-state index in [1.54, 1.807) is 0 Å². The lowest BCUT2D eigenvalue weighted by atomic mass is 10.1. The zero-order valence-electron chi connectivity index (χ0n) is 10.9. The van der Waals surface area contributed by atoms with Gasteiger partial charge in [-0.15, -0.1) is 0 Å². The number of amides is 2. The highest BCUT2D eigenvalue weighted by Gasteiger charge is 2.26. The molecular formula is C10H16N3O7S. The number of nitrogens with zero attached hydrogens (tertiary/aromatic N) is 1. The second kappa shape index (κ2) is 9.15. The molecule has 0 aliphatic rings. The molecular weight excluding hydrogens is 306 g/mol. The van der Waals surface area contributed by atoms with E-state index in [2.05, 4.69) is 17.9 Å². The van der Waals surface area contributed by atoms with Crippen molar-refractivity contribution in [2.24, 2.45) is 5.73 Å². The van der Waals surface area contributed by atoms with E-state index in [0.717, 1.165) is 0 Å². The van der Waals surface area contributed by atoms with E-state index in [1.807, 2.05) is 0 Å². The Morgan fingerprint density at radius 2 is 1.81 bits per heavy atom. The van der Waals surface area contributed by atoms with Crippen LogP contribution in [-0.4, -0.2) is 68.6 Å². The molecule has 2 unspecified atom stereocenters. The number of nitrogens with one attached hydrogen (secondary N) is 1. The number of nitrogens with two attached hydrogens (primary N) is 1. The first-order valence-corrected chi connectivity index (χ1v) is 6.34. The fourth-order valence-electron chi connectivity index (χ4n) is 1.24. The molecule has 0 aromatic carbocycles. The molecule has 11 heteroatoms. The van der Waals surface area contributed by atoms with E-state index in [4.69, 9.17) is 15.9 Å². The minimum absolute atomic E-state index is 0.0669. The molecule has 0 fully saturated rings. The van der Waals surface area contributed by atoms with Crippen LogP contribution in [-0.2, 0) is 19.2 Å². The Morgan fingerprint density at radius 1 is 1.24 bits per heavy atom. The first-order valence-electron chi connectivity index (χ1n) is 5.77. The summed E-state index contributed by atoms with van der Waals surface area (Å²) in [6, 6.07) is -2.49. The SMILES string of the molecule is NC(CCC(=O)NC(C[S])C(=O)N(O)CC(=O)O)C(=O)O. The molecule has 0 aromatic rings. The molecule has 0 aliphatic heterocycles. The molecule has 10 nitrogen and oxygen atoms in total. The summed E-state index contributed by atoms with van der Waals surface area (Å²) in [6.45, 7) is -0.954. The molecule has 2 amide bonds. The number of rotatable bonds is 9. The summed E-state index contributed by atoms with van der Waals surface area (Å²) in [5.41, 5.74) is 5.21. The number of hydrogen-bond acceptors (Lipinski definition) is 6. The second-order valence-electron chi connectivity index (χ2n) is 4.06. The van der Waals surface area contributed by atoms with Crippen LogP contribution in [0.5, 0.6) is 0 Å². The van der Waals surface area contributed by atoms with Crippen molar-refractivity contribution in [2.75, 3.05) is 12.3 Å². The van der Waals surface area contributed by atoms with Gasteiger partial charge in [0.15, 0.2) is 0 Å². The molecule has 0 aliphatic carbocycles. The quantitative estimate of drug-likeness (QED) is 0.243. The minimum Gasteiger partial charge on any atom is -0.480 e. The number of aliphatic carboxylic acids is 2. The van der Waals surface area contributed by atoms with E-state index >= 15 is 0 Å². The lowest BCUT2D eigenvalue weighted by Crippen LogP contribution is -2.50. The van der Waals surface area contributed by atoms with Crippen LogP contribution < -0.4 is 11.1 Å². The molecule has 0 saturated carbocycles. The van der Waals surface area contributed by atoms with Crippen molar-refractivity contribution in [1.82, 2.24) is 10.4 Å². The third-order valence-corrected chi connectivity index (χ3v) is 2.67. The fourth-order valence-corrected chi connectivity index (χ4v) is 1.46. The number of carboxylic acid groups (broad SMARTS) is 2. The monoisotopic (exact) mass is 322 g/mol. The Labute approximate surface area is 125 Å². The lowest BCUT2D eigenvalue weighted by molar-refractivity contribution is -0.175. The smallest absolute Gasteiger partial charge is 0.325 e. The summed E-state index contributed by atoms with van der Waals surface area (Å²) < 4.78 is 0. The lowest BCUT2D eigenvalue weighted by Gasteiger charge is -2.20. The van der Waals surface area contributed by atoms with E-state index in [1.165, 1.54) is 0 Å². The number of carbonyl (C=O) groups is 4. The van der Waals surface area contributed by atoms with Crippen molar-refractivity contribution >= 4 is 36.4 Å². The Morgan fingerprint density at radius 3 is 2.24 bits per heavy atom. The summed E-state index contributed by atoms with van der Waals surface area (Å²) in [7, 11) is 0. The molecule has 0 rings (SSSR count). The molecule has 119 valence electrons. The number of hydroxylamine groups is 2. The fraction of sp³-hybridized carbons (Fsp3) is 0.600. The van der Waals surface area contributed by atoms with Crippen molar-refractivity contribution in [3.63, 3.8) is 0 Å². The topological polar surface area (TPSA) is 170 Å². The van der Waals surface area contributed by atoms with Gasteiger partial charge < -0.3 is 21.3 Å². The molecule has 0 bridgehead atoms. The molecule has 1 radical (unpaired) electrons. The van der Waals surface area contributed by atoms with Crippen LogP contribution in [0.3, 0.4) is 0 Å². The van der Waals surface area contributed by atoms with E-state index in [-0.39, 0.29) is 23.7 Å². The van der Waals surface area contributed by atoms with Crippen LogP contribution in [0, 0.1) is 0 Å². The highest BCUT2D eigenvalue weighted by Crippen LogP contribution is 1.99. The maximum Gasteiger partial charge on any atom is 0.325 e. The average Bonchev–Trinajstić information content (AvgIpc) is 2.40. The van der Waals surface area contributed by atoms with Gasteiger partial charge in [-0.3, -0.25) is 24.4 Å². The van der Waals surface area contributed by atoms with Gasteiger partial charge in [0.05, 0.1) is 0 Å². The third kappa shape index (κ3) is 7.48. The summed E-state index contributed by atoms with van der Waals surface area (Å²) in [6.07, 6.45) is -0.394. The van der Waals surface area contributed by atoms with Crippen molar-refractivity contribution in [1.29, 1.82) is 0 Å². The van der Waals surface area contributed by atoms with Crippen LogP contribution in [0.4, 0.5) is 0 Å². The standard InChI is InChI=1S/C10H16N3O7S/c11-5(10(18)19)1-2-7(14)12-6(4-21)9(17)13(20)3-8(15)16/h5-6,20H,1-4,11H2,(H,12,14)(H,15,16)(H,18,19). The Balaban J connectivity index is 4.42. The van der Waals surface area contributed by atoms with E-state index in [0.29, 0.717) is 0 Å². The largest absolute Gasteiger partial charge is 0.480 e. The average molecular weight is 322 g/mol. The summed E-state index contributed by atoms with van der Waals surface area (Å²) in [5, 5.41) is 28.3. The maximum atomic E-state index is 11.6. The van der Waals surface area contributed by atoms with Gasteiger partial charge in [-0.2, -0.15) is 0 Å². The molecule has 21 heavy (non-hydrogen) atoms.